The normalized spacial score (nSPS) is 14.1. The van der Waals surface area contributed by atoms with Gasteiger partial charge in [-0.3, -0.25) is 14.9 Å². The third-order valence-electron chi connectivity index (χ3n) is 4.97. The molecule has 3 amide bonds. The zero-order chi connectivity index (χ0) is 23.3. The van der Waals surface area contributed by atoms with Gasteiger partial charge in [0, 0.05) is 18.7 Å². The van der Waals surface area contributed by atoms with Gasteiger partial charge in [0.05, 0.1) is 38.1 Å². The number of carbonyl (C=O) groups is 2. The Labute approximate surface area is 182 Å². The van der Waals surface area contributed by atoms with Crippen molar-refractivity contribution in [2.45, 2.75) is 12.7 Å². The van der Waals surface area contributed by atoms with Crippen molar-refractivity contribution >= 4 is 17.6 Å². The quantitative estimate of drug-likeness (QED) is 0.536. The van der Waals surface area contributed by atoms with Gasteiger partial charge in [-0.1, -0.05) is 12.1 Å². The lowest BCUT2D eigenvalue weighted by Gasteiger charge is -2.34. The van der Waals surface area contributed by atoms with Crippen LogP contribution in [0.1, 0.15) is 21.5 Å². The van der Waals surface area contributed by atoms with E-state index in [1.807, 2.05) is 0 Å². The van der Waals surface area contributed by atoms with E-state index in [9.17, 15) is 22.8 Å². The van der Waals surface area contributed by atoms with Crippen molar-refractivity contribution in [3.63, 3.8) is 0 Å². The molecule has 0 saturated carbocycles. The first kappa shape index (κ1) is 23.4. The van der Waals surface area contributed by atoms with Crippen LogP contribution in [0, 0.1) is 0 Å². The number of benzene rings is 2. The standard InChI is InChI=1S/C21H22F3N3O5/c1-31-18-7-6-16(21(22,23)24)12-17(18)27(20(29)26-8-10-32-11-9-26)13-14-2-4-15(5-3-14)19(28)25-30/h2-7,12,30H,8-11,13H2,1H3,(H,25,28). The number of hydrogen-bond donors (Lipinski definition) is 2. The van der Waals surface area contributed by atoms with E-state index in [0.717, 1.165) is 12.1 Å². The summed E-state index contributed by atoms with van der Waals surface area (Å²) in [6.07, 6.45) is -4.60. The smallest absolute Gasteiger partial charge is 0.416 e. The van der Waals surface area contributed by atoms with Crippen molar-refractivity contribution in [1.29, 1.82) is 0 Å². The van der Waals surface area contributed by atoms with Crippen LogP contribution in [0.5, 0.6) is 5.75 Å². The van der Waals surface area contributed by atoms with E-state index in [1.54, 1.807) is 12.1 Å². The summed E-state index contributed by atoms with van der Waals surface area (Å²) in [5.41, 5.74) is 1.31. The van der Waals surface area contributed by atoms with E-state index in [4.69, 9.17) is 14.7 Å². The first-order valence-corrected chi connectivity index (χ1v) is 9.67. The second-order valence-electron chi connectivity index (χ2n) is 6.99. The Balaban J connectivity index is 2.01. The Morgan fingerprint density at radius 3 is 2.38 bits per heavy atom. The molecule has 0 radical (unpaired) electrons. The molecule has 8 nitrogen and oxygen atoms in total. The summed E-state index contributed by atoms with van der Waals surface area (Å²) in [6.45, 7) is 1.17. The maximum absolute atomic E-state index is 13.4. The van der Waals surface area contributed by atoms with E-state index in [1.165, 1.54) is 40.6 Å². The monoisotopic (exact) mass is 453 g/mol. The zero-order valence-corrected chi connectivity index (χ0v) is 17.2. The summed E-state index contributed by atoms with van der Waals surface area (Å²) < 4.78 is 50.6. The molecule has 1 aliphatic rings. The number of hydroxylamine groups is 1. The van der Waals surface area contributed by atoms with Crippen LogP contribution in [0.25, 0.3) is 0 Å². The molecule has 2 aromatic carbocycles. The van der Waals surface area contributed by atoms with E-state index in [0.29, 0.717) is 31.9 Å². The Kier molecular flexibility index (Phi) is 7.21. The van der Waals surface area contributed by atoms with E-state index in [-0.39, 0.29) is 23.5 Å². The summed E-state index contributed by atoms with van der Waals surface area (Å²) in [6, 6.07) is 8.40. The number of amides is 3. The van der Waals surface area contributed by atoms with Gasteiger partial charge in [0.2, 0.25) is 0 Å². The predicted octanol–water partition coefficient (Wildman–Crippen LogP) is 3.29. The molecular weight excluding hydrogens is 431 g/mol. The van der Waals surface area contributed by atoms with Crippen molar-refractivity contribution < 1.29 is 37.4 Å². The fourth-order valence-electron chi connectivity index (χ4n) is 3.27. The number of rotatable bonds is 5. The number of morpholine rings is 1. The molecule has 2 aromatic rings. The fourth-order valence-corrected chi connectivity index (χ4v) is 3.27. The van der Waals surface area contributed by atoms with Gasteiger partial charge in [0.15, 0.2) is 0 Å². The molecule has 0 aromatic heterocycles. The predicted molar refractivity (Wildman–Crippen MR) is 108 cm³/mol. The highest BCUT2D eigenvalue weighted by Gasteiger charge is 2.33. The Bertz CT molecular complexity index is 960. The molecule has 0 aliphatic carbocycles. The molecular formula is C21H22F3N3O5. The zero-order valence-electron chi connectivity index (χ0n) is 17.2. The van der Waals surface area contributed by atoms with Crippen LogP contribution in [0.15, 0.2) is 42.5 Å². The van der Waals surface area contributed by atoms with E-state index >= 15 is 0 Å². The summed E-state index contributed by atoms with van der Waals surface area (Å²) in [7, 11) is 1.31. The van der Waals surface area contributed by atoms with Crippen LogP contribution in [0.3, 0.4) is 0 Å². The molecule has 1 aliphatic heterocycles. The average Bonchev–Trinajstić information content (AvgIpc) is 2.81. The second kappa shape index (κ2) is 9.88. The highest BCUT2D eigenvalue weighted by Crippen LogP contribution is 2.37. The third-order valence-corrected chi connectivity index (χ3v) is 4.97. The Morgan fingerprint density at radius 1 is 1.16 bits per heavy atom. The lowest BCUT2D eigenvalue weighted by atomic mass is 10.1. The third kappa shape index (κ3) is 5.29. The van der Waals surface area contributed by atoms with Gasteiger partial charge < -0.3 is 14.4 Å². The molecule has 172 valence electrons. The van der Waals surface area contributed by atoms with Crippen LogP contribution in [0.4, 0.5) is 23.7 Å². The first-order chi connectivity index (χ1) is 15.2. The summed E-state index contributed by atoms with van der Waals surface area (Å²) in [5.74, 6) is -0.603. The fraction of sp³-hybridized carbons (Fsp3) is 0.333. The maximum Gasteiger partial charge on any atom is 0.416 e. The maximum atomic E-state index is 13.4. The number of carbonyl (C=O) groups excluding carboxylic acids is 2. The molecule has 0 atom stereocenters. The van der Waals surface area contributed by atoms with Gasteiger partial charge in [-0.05, 0) is 35.9 Å². The minimum absolute atomic E-state index is 0.0315. The van der Waals surface area contributed by atoms with E-state index < -0.39 is 23.7 Å². The lowest BCUT2D eigenvalue weighted by Crippen LogP contribution is -2.48. The van der Waals surface area contributed by atoms with Crippen LogP contribution in [0.2, 0.25) is 0 Å². The molecule has 0 unspecified atom stereocenters. The van der Waals surface area contributed by atoms with Crippen molar-refractivity contribution in [2.24, 2.45) is 0 Å². The van der Waals surface area contributed by atoms with Crippen molar-refractivity contribution in [1.82, 2.24) is 10.4 Å². The number of nitrogens with zero attached hydrogens (tertiary/aromatic N) is 2. The minimum Gasteiger partial charge on any atom is -0.495 e. The molecule has 1 saturated heterocycles. The molecule has 11 heteroatoms. The molecule has 1 heterocycles. The minimum atomic E-state index is -4.60. The number of hydrogen-bond acceptors (Lipinski definition) is 5. The second-order valence-corrected chi connectivity index (χ2v) is 6.99. The number of halogens is 3. The van der Waals surface area contributed by atoms with Crippen LogP contribution >= 0.6 is 0 Å². The van der Waals surface area contributed by atoms with Crippen LogP contribution < -0.4 is 15.1 Å². The SMILES string of the molecule is COc1ccc(C(F)(F)F)cc1N(Cc1ccc(C(=O)NO)cc1)C(=O)N1CCOCC1. The van der Waals surface area contributed by atoms with Crippen molar-refractivity contribution in [2.75, 3.05) is 38.3 Å². The summed E-state index contributed by atoms with van der Waals surface area (Å²) >= 11 is 0. The highest BCUT2D eigenvalue weighted by molar-refractivity contribution is 5.94. The molecule has 2 N–H and O–H groups in total. The molecule has 0 bridgehead atoms. The number of nitrogens with one attached hydrogen (secondary N) is 1. The lowest BCUT2D eigenvalue weighted by molar-refractivity contribution is -0.137. The molecule has 3 rings (SSSR count). The molecule has 0 spiro atoms. The topological polar surface area (TPSA) is 91.3 Å². The molecule has 32 heavy (non-hydrogen) atoms. The van der Waals surface area contributed by atoms with E-state index in [2.05, 4.69) is 0 Å². The first-order valence-electron chi connectivity index (χ1n) is 9.67. The number of anilines is 1. The number of alkyl halides is 3. The van der Waals surface area contributed by atoms with Crippen molar-refractivity contribution in [3.05, 3.63) is 59.2 Å². The largest absolute Gasteiger partial charge is 0.495 e. The number of ether oxygens (including phenoxy) is 2. The van der Waals surface area contributed by atoms with Gasteiger partial charge >= 0.3 is 12.2 Å². The van der Waals surface area contributed by atoms with Crippen LogP contribution in [-0.2, 0) is 17.5 Å². The highest BCUT2D eigenvalue weighted by atomic mass is 19.4. The average molecular weight is 453 g/mol. The van der Waals surface area contributed by atoms with Gasteiger partial charge in [0.25, 0.3) is 5.91 Å². The Morgan fingerprint density at radius 2 is 1.81 bits per heavy atom. The number of urea groups is 1. The van der Waals surface area contributed by atoms with Gasteiger partial charge in [-0.15, -0.1) is 0 Å². The van der Waals surface area contributed by atoms with Crippen molar-refractivity contribution in [3.8, 4) is 5.75 Å². The van der Waals surface area contributed by atoms with Crippen LogP contribution in [-0.4, -0.2) is 55.5 Å². The molecule has 1 fully saturated rings. The Hall–Kier alpha value is -3.31. The van der Waals surface area contributed by atoms with Gasteiger partial charge in [-0.25, -0.2) is 10.3 Å². The summed E-state index contributed by atoms with van der Waals surface area (Å²) in [4.78, 5) is 27.6. The van der Waals surface area contributed by atoms with Gasteiger partial charge in [-0.2, -0.15) is 13.2 Å². The summed E-state index contributed by atoms with van der Waals surface area (Å²) in [5, 5.41) is 8.74. The number of methoxy groups -OCH3 is 1. The van der Waals surface area contributed by atoms with Gasteiger partial charge in [0.1, 0.15) is 5.75 Å².